The van der Waals surface area contributed by atoms with Crippen LogP contribution in [0, 0.1) is 0 Å². The quantitative estimate of drug-likeness (QED) is 0.0493. The summed E-state index contributed by atoms with van der Waals surface area (Å²) < 4.78 is 43.0. The molecule has 2 heterocycles. The highest BCUT2D eigenvalue weighted by molar-refractivity contribution is 8.15. The highest BCUT2D eigenvalue weighted by atomic mass is 32.2. The topological polar surface area (TPSA) is 113 Å². The van der Waals surface area contributed by atoms with Crippen molar-refractivity contribution in [1.82, 2.24) is 4.90 Å². The van der Waals surface area contributed by atoms with Gasteiger partial charge in [0.25, 0.3) is 5.91 Å². The Kier molecular flexibility index (Phi) is 9.42. The van der Waals surface area contributed by atoms with E-state index >= 15 is 0 Å². The van der Waals surface area contributed by atoms with Crippen LogP contribution >= 0.6 is 19.6 Å². The minimum atomic E-state index is -4.48. The zero-order valence-corrected chi connectivity index (χ0v) is 26.3. The first kappa shape index (κ1) is 31.0. The van der Waals surface area contributed by atoms with Crippen molar-refractivity contribution in [1.29, 1.82) is 0 Å². The molecule has 2 unspecified atom stereocenters. The molecule has 0 aromatic heterocycles. The number of hydrogen-bond acceptors (Lipinski definition) is 10. The fourth-order valence-electron chi connectivity index (χ4n) is 4.67. The van der Waals surface area contributed by atoms with Gasteiger partial charge in [-0.05, 0) is 48.9 Å². The van der Waals surface area contributed by atoms with Crippen molar-refractivity contribution in [2.75, 3.05) is 6.61 Å². The van der Waals surface area contributed by atoms with Crippen molar-refractivity contribution in [3.63, 3.8) is 0 Å². The number of likely N-dealkylation sites (tertiary alicyclic amines) is 1. The van der Waals surface area contributed by atoms with Crippen LogP contribution in [0.15, 0.2) is 138 Å². The molecule has 0 aliphatic carbocycles. The number of ether oxygens (including phenoxy) is 2. The van der Waals surface area contributed by atoms with E-state index in [9.17, 15) is 14.2 Å². The number of rotatable bonds is 13. The van der Waals surface area contributed by atoms with Gasteiger partial charge in [0, 0.05) is 0 Å². The largest absolute Gasteiger partial charge is 0.646 e. The average Bonchev–Trinajstić information content (AvgIpc) is 3.46. The molecule has 12 heteroatoms. The molecule has 0 bridgehead atoms. The third-order valence-electron chi connectivity index (χ3n) is 6.81. The van der Waals surface area contributed by atoms with E-state index in [1.54, 1.807) is 72.8 Å². The maximum absolute atomic E-state index is 14.2. The third-order valence-corrected chi connectivity index (χ3v) is 9.38. The Labute approximate surface area is 270 Å². The molecule has 4 aromatic rings. The van der Waals surface area contributed by atoms with E-state index in [0.29, 0.717) is 10.8 Å². The van der Waals surface area contributed by atoms with E-state index in [2.05, 4.69) is 4.99 Å². The van der Waals surface area contributed by atoms with Crippen molar-refractivity contribution in [2.45, 2.75) is 24.9 Å². The third kappa shape index (κ3) is 7.28. The molecule has 46 heavy (non-hydrogen) atoms. The average molecular weight is 657 g/mol. The van der Waals surface area contributed by atoms with Gasteiger partial charge in [0.05, 0.1) is 0 Å². The number of benzene rings is 4. The molecule has 234 valence electrons. The Morgan fingerprint density at radius 1 is 0.783 bits per heavy atom. The van der Waals surface area contributed by atoms with Crippen LogP contribution in [0.1, 0.15) is 12.5 Å². The summed E-state index contributed by atoms with van der Waals surface area (Å²) in [4.78, 5) is 33.0. The van der Waals surface area contributed by atoms with Crippen LogP contribution in [0.3, 0.4) is 0 Å². The van der Waals surface area contributed by atoms with E-state index in [1.165, 1.54) is 23.6 Å². The van der Waals surface area contributed by atoms with Crippen LogP contribution in [0.25, 0.3) is 0 Å². The summed E-state index contributed by atoms with van der Waals surface area (Å²) in [6, 6.07) is 34.3. The predicted octanol–water partition coefficient (Wildman–Crippen LogP) is 7.01. The number of esters is 1. The molecule has 2 aliphatic rings. The number of β-lactam (4-membered cyclic amide) rings is 1. The number of thioether (sulfide) groups is 1. The molecule has 0 spiro atoms. The molecule has 0 saturated carbocycles. The minimum absolute atomic E-state index is 0.0644. The summed E-state index contributed by atoms with van der Waals surface area (Å²) in [7, 11) is -4.48. The lowest BCUT2D eigenvalue weighted by molar-refractivity contribution is -0.151. The van der Waals surface area contributed by atoms with Crippen LogP contribution < -0.4 is 13.8 Å². The number of carbonyl (C=O) groups excluding carboxylic acids is 2. The van der Waals surface area contributed by atoms with E-state index in [0.717, 1.165) is 5.56 Å². The molecule has 1 fully saturated rings. The molecular formula is C34H29N2O8PS. The number of para-hydroxylation sites is 3. The lowest BCUT2D eigenvalue weighted by Gasteiger charge is -2.41. The minimum Gasteiger partial charge on any atom is -0.487 e. The molecule has 0 N–H and O–H groups in total. The van der Waals surface area contributed by atoms with Gasteiger partial charge < -0.3 is 23.0 Å². The number of amides is 1. The number of aliphatic imine (C=N–C) groups is 1. The number of fused-ring (bicyclic) bond motifs is 1. The summed E-state index contributed by atoms with van der Waals surface area (Å²) in [6.45, 7) is 1.50. The number of carbonyl (C=O) groups is 2. The highest BCUT2D eigenvalue weighted by Crippen LogP contribution is 2.52. The lowest BCUT2D eigenvalue weighted by Crippen LogP contribution is -2.61. The molecule has 0 radical (unpaired) electrons. The number of hydrogen-bond donors (Lipinski definition) is 0. The Bertz CT molecular complexity index is 1740. The van der Waals surface area contributed by atoms with Crippen LogP contribution in [-0.4, -0.2) is 39.8 Å². The Balaban J connectivity index is 1.28. The van der Waals surface area contributed by atoms with Gasteiger partial charge >= 0.3 is 13.8 Å². The number of allylic oxidation sites excluding steroid dienone is 1. The van der Waals surface area contributed by atoms with Crippen molar-refractivity contribution in [3.8, 4) is 17.2 Å². The van der Waals surface area contributed by atoms with Gasteiger partial charge in [-0.2, -0.15) is 4.57 Å². The van der Waals surface area contributed by atoms with Gasteiger partial charge in [-0.25, -0.2) is 4.79 Å². The first-order chi connectivity index (χ1) is 22.4. The van der Waals surface area contributed by atoms with E-state index < -0.39 is 31.1 Å². The van der Waals surface area contributed by atoms with Gasteiger partial charge in [-0.3, -0.25) is 14.7 Å². The summed E-state index contributed by atoms with van der Waals surface area (Å²) in [5.41, 5.74) is 0.509. The van der Waals surface area contributed by atoms with Crippen molar-refractivity contribution in [2.24, 2.45) is 4.99 Å². The molecule has 6 rings (SSSR count). The summed E-state index contributed by atoms with van der Waals surface area (Å²) in [5, 5.41) is 0.0277. The van der Waals surface area contributed by atoms with Gasteiger partial charge in [-0.15, -0.1) is 0 Å². The fraction of sp³-hybridized carbons (Fsp3) is 0.147. The lowest BCUT2D eigenvalue weighted by atomic mass is 10.1. The van der Waals surface area contributed by atoms with Crippen molar-refractivity contribution >= 4 is 36.5 Å². The Morgan fingerprint density at radius 2 is 1.30 bits per heavy atom. The van der Waals surface area contributed by atoms with E-state index in [-0.39, 0.29) is 36.2 Å². The Morgan fingerprint density at radius 3 is 1.87 bits per heavy atom. The van der Waals surface area contributed by atoms with Gasteiger partial charge in [0.1, 0.15) is 46.6 Å². The van der Waals surface area contributed by atoms with Gasteiger partial charge in [0.15, 0.2) is 11.7 Å². The standard InChI is InChI=1S/C34H29N2O8PS/c1-24(42-45(39,43-27-18-10-4-11-19-27)44-28-20-12-5-13-21-28)31(34(38)41-22-25-14-6-2-7-15-25)36-32(37)30-33(36)46-29(35-30)23-40-26-16-8-3-9-17-26/h2-21,30,33H,22-23H2,1H3. The first-order valence-electron chi connectivity index (χ1n) is 14.3. The molecule has 10 nitrogen and oxygen atoms in total. The maximum Gasteiger partial charge on any atom is 0.646 e. The van der Waals surface area contributed by atoms with Crippen LogP contribution in [0.5, 0.6) is 17.2 Å². The SMILES string of the molecule is CC(OP(=O)(Oc1ccccc1)Oc1ccccc1)=C(C(=O)OCc1ccccc1)N1C(=O)C2N=C(COc3ccccc3)SC21. The van der Waals surface area contributed by atoms with Crippen molar-refractivity contribution in [3.05, 3.63) is 138 Å². The summed E-state index contributed by atoms with van der Waals surface area (Å²) >= 11 is 1.29. The summed E-state index contributed by atoms with van der Waals surface area (Å²) in [6.07, 6.45) is 0. The van der Waals surface area contributed by atoms with Crippen LogP contribution in [0.4, 0.5) is 0 Å². The number of phosphoric ester groups is 1. The molecule has 1 amide bonds. The van der Waals surface area contributed by atoms with Crippen LogP contribution in [-0.2, 0) is 30.0 Å². The van der Waals surface area contributed by atoms with Gasteiger partial charge in [-0.1, -0.05) is 96.7 Å². The fourth-order valence-corrected chi connectivity index (χ4v) is 7.17. The molecule has 2 aliphatic heterocycles. The number of phosphoric acid groups is 1. The normalized spacial score (nSPS) is 17.5. The smallest absolute Gasteiger partial charge is 0.487 e. The zero-order valence-electron chi connectivity index (χ0n) is 24.6. The monoisotopic (exact) mass is 656 g/mol. The van der Waals surface area contributed by atoms with E-state index in [1.807, 2.05) is 48.5 Å². The second-order valence-corrected chi connectivity index (χ2v) is 12.7. The van der Waals surface area contributed by atoms with E-state index in [4.69, 9.17) is 23.0 Å². The van der Waals surface area contributed by atoms with Crippen LogP contribution in [0.2, 0.25) is 0 Å². The Hall–Kier alpha value is -4.99. The maximum atomic E-state index is 14.2. The molecule has 4 aromatic carbocycles. The summed E-state index contributed by atoms with van der Waals surface area (Å²) in [5.74, 6) is -0.389. The number of nitrogens with zero attached hydrogens (tertiary/aromatic N) is 2. The second kappa shape index (κ2) is 14.0. The molecule has 2 atom stereocenters. The first-order valence-corrected chi connectivity index (χ1v) is 16.7. The molecular weight excluding hydrogens is 627 g/mol. The highest BCUT2D eigenvalue weighted by Gasteiger charge is 2.56. The predicted molar refractivity (Wildman–Crippen MR) is 173 cm³/mol. The van der Waals surface area contributed by atoms with Gasteiger partial charge in [0.2, 0.25) is 0 Å². The second-order valence-electron chi connectivity index (χ2n) is 10.1. The zero-order chi connectivity index (χ0) is 31.9. The van der Waals surface area contributed by atoms with Crippen molar-refractivity contribution < 1.29 is 37.2 Å². The molecule has 1 saturated heterocycles.